The standard InChI is InChI=1S/C27H35BrN2O6/c1-5-12-29(14-17-10-8-7-9-11-17)25(33)23-27-13-18(28)22(36-27)20(26(34)35-6-2)21(27)24(32)30(23)19(15-31)16(3)4/h5,7-11,16,18-23,31H,1,6,12-15H2,2-4H3/t18?,19-,20-,21+,22-,23-,27+/m0/s1. The number of hydrogen-bond acceptors (Lipinski definition) is 6. The van der Waals surface area contributed by atoms with Gasteiger partial charge in [0.1, 0.15) is 11.6 Å². The lowest BCUT2D eigenvalue weighted by atomic mass is 9.70. The highest BCUT2D eigenvalue weighted by Gasteiger charge is 2.77. The van der Waals surface area contributed by atoms with Gasteiger partial charge in [0, 0.05) is 17.9 Å². The number of hydrogen-bond donors (Lipinski definition) is 1. The van der Waals surface area contributed by atoms with Crippen molar-refractivity contribution in [2.75, 3.05) is 19.8 Å². The molecular formula is C27H35BrN2O6. The van der Waals surface area contributed by atoms with Crippen molar-refractivity contribution in [1.82, 2.24) is 9.80 Å². The number of esters is 1. The number of carbonyl (C=O) groups excluding carboxylic acids is 3. The van der Waals surface area contributed by atoms with E-state index in [0.717, 1.165) is 5.56 Å². The average Bonchev–Trinajstić information content (AvgIpc) is 3.43. The Kier molecular flexibility index (Phi) is 7.92. The van der Waals surface area contributed by atoms with Crippen molar-refractivity contribution in [3.8, 4) is 0 Å². The van der Waals surface area contributed by atoms with Crippen molar-refractivity contribution in [1.29, 1.82) is 0 Å². The minimum absolute atomic E-state index is 0.121. The Balaban J connectivity index is 1.80. The van der Waals surface area contributed by atoms with E-state index >= 15 is 0 Å². The first kappa shape index (κ1) is 26.8. The molecule has 36 heavy (non-hydrogen) atoms. The third-order valence-corrected chi connectivity index (χ3v) is 8.56. The fraction of sp³-hybridized carbons (Fsp3) is 0.593. The maximum atomic E-state index is 14.4. The smallest absolute Gasteiger partial charge is 0.312 e. The zero-order chi connectivity index (χ0) is 26.2. The van der Waals surface area contributed by atoms with Crippen LogP contribution >= 0.6 is 15.9 Å². The van der Waals surface area contributed by atoms with Crippen LogP contribution in [0.3, 0.4) is 0 Å². The van der Waals surface area contributed by atoms with Crippen LogP contribution < -0.4 is 0 Å². The summed E-state index contributed by atoms with van der Waals surface area (Å²) in [7, 11) is 0. The van der Waals surface area contributed by atoms with Gasteiger partial charge in [-0.2, -0.15) is 0 Å². The Morgan fingerprint density at radius 2 is 2.06 bits per heavy atom. The molecule has 1 spiro atoms. The number of aliphatic hydroxyl groups excluding tert-OH is 1. The number of carbonyl (C=O) groups is 3. The van der Waals surface area contributed by atoms with E-state index in [1.165, 1.54) is 4.90 Å². The monoisotopic (exact) mass is 562 g/mol. The molecule has 3 heterocycles. The van der Waals surface area contributed by atoms with Gasteiger partial charge in [0.2, 0.25) is 11.8 Å². The van der Waals surface area contributed by atoms with E-state index < -0.39 is 41.6 Å². The summed E-state index contributed by atoms with van der Waals surface area (Å²) in [5, 5.41) is 10.3. The fourth-order valence-corrected chi connectivity index (χ4v) is 7.14. The second-order valence-corrected chi connectivity index (χ2v) is 11.3. The van der Waals surface area contributed by atoms with Crippen LogP contribution in [-0.2, 0) is 30.4 Å². The van der Waals surface area contributed by atoms with E-state index in [-0.39, 0.29) is 42.3 Å². The summed E-state index contributed by atoms with van der Waals surface area (Å²) in [4.78, 5) is 44.4. The van der Waals surface area contributed by atoms with E-state index in [4.69, 9.17) is 9.47 Å². The van der Waals surface area contributed by atoms with Gasteiger partial charge in [-0.25, -0.2) is 0 Å². The molecule has 1 unspecified atom stereocenters. The summed E-state index contributed by atoms with van der Waals surface area (Å²) in [6.07, 6.45) is 1.49. The third-order valence-electron chi connectivity index (χ3n) is 7.71. The van der Waals surface area contributed by atoms with Crippen molar-refractivity contribution >= 4 is 33.7 Å². The van der Waals surface area contributed by atoms with Crippen LogP contribution in [-0.4, -0.2) is 81.1 Å². The number of fused-ring (bicyclic) bond motifs is 1. The Hall–Kier alpha value is -2.23. The first-order valence-corrected chi connectivity index (χ1v) is 13.5. The number of nitrogens with zero attached hydrogens (tertiary/aromatic N) is 2. The zero-order valence-corrected chi connectivity index (χ0v) is 22.6. The molecule has 1 aromatic carbocycles. The Bertz CT molecular complexity index is 1000. The lowest BCUT2D eigenvalue weighted by Gasteiger charge is -2.40. The van der Waals surface area contributed by atoms with Crippen LogP contribution in [0.15, 0.2) is 43.0 Å². The molecule has 3 aliphatic rings. The number of benzene rings is 1. The topological polar surface area (TPSA) is 96.4 Å². The van der Waals surface area contributed by atoms with Crippen molar-refractivity contribution in [3.05, 3.63) is 48.6 Å². The quantitative estimate of drug-likeness (QED) is 0.267. The highest BCUT2D eigenvalue weighted by molar-refractivity contribution is 9.09. The van der Waals surface area contributed by atoms with Crippen LogP contribution in [0.25, 0.3) is 0 Å². The summed E-state index contributed by atoms with van der Waals surface area (Å²) in [5.74, 6) is -2.89. The van der Waals surface area contributed by atoms with E-state index in [1.54, 1.807) is 17.9 Å². The van der Waals surface area contributed by atoms with Gasteiger partial charge < -0.3 is 24.4 Å². The average molecular weight is 563 g/mol. The van der Waals surface area contributed by atoms with Gasteiger partial charge in [0.25, 0.3) is 0 Å². The molecule has 0 aliphatic carbocycles. The van der Waals surface area contributed by atoms with Crippen LogP contribution in [0.4, 0.5) is 0 Å². The first-order chi connectivity index (χ1) is 17.2. The maximum Gasteiger partial charge on any atom is 0.312 e. The predicted molar refractivity (Wildman–Crippen MR) is 137 cm³/mol. The molecule has 8 nitrogen and oxygen atoms in total. The van der Waals surface area contributed by atoms with Gasteiger partial charge >= 0.3 is 5.97 Å². The molecule has 1 aromatic rings. The number of ether oxygens (including phenoxy) is 2. The van der Waals surface area contributed by atoms with Crippen molar-refractivity contribution in [2.45, 2.75) is 62.4 Å². The molecule has 3 saturated heterocycles. The van der Waals surface area contributed by atoms with Crippen LogP contribution in [0.5, 0.6) is 0 Å². The normalized spacial score (nSPS) is 31.4. The Morgan fingerprint density at radius 1 is 1.36 bits per heavy atom. The van der Waals surface area contributed by atoms with Gasteiger partial charge in [-0.05, 0) is 24.8 Å². The molecule has 1 N–H and O–H groups in total. The van der Waals surface area contributed by atoms with Crippen LogP contribution in [0.2, 0.25) is 0 Å². The minimum Gasteiger partial charge on any atom is -0.466 e. The predicted octanol–water partition coefficient (Wildman–Crippen LogP) is 2.53. The Morgan fingerprint density at radius 3 is 2.64 bits per heavy atom. The largest absolute Gasteiger partial charge is 0.466 e. The second kappa shape index (κ2) is 10.6. The first-order valence-electron chi connectivity index (χ1n) is 12.6. The number of amides is 2. The molecule has 3 aliphatic heterocycles. The molecule has 196 valence electrons. The SMILES string of the molecule is C=CCN(Cc1ccccc1)C(=O)[C@@H]1N([C@@H](CO)C(C)C)C(=O)[C@H]2[C@H](C(=O)OCC)[C@H]3O[C@@]12CC3Br. The van der Waals surface area contributed by atoms with Gasteiger partial charge in [-0.15, -0.1) is 6.58 Å². The van der Waals surface area contributed by atoms with Crippen molar-refractivity contribution < 1.29 is 29.0 Å². The molecule has 0 aromatic heterocycles. The zero-order valence-electron chi connectivity index (χ0n) is 21.0. The molecule has 0 saturated carbocycles. The number of aliphatic hydroxyl groups is 1. The van der Waals surface area contributed by atoms with Gasteiger partial charge in [-0.1, -0.05) is 66.2 Å². The summed E-state index contributed by atoms with van der Waals surface area (Å²) in [6, 6.07) is 8.03. The van der Waals surface area contributed by atoms with Crippen molar-refractivity contribution in [2.24, 2.45) is 17.8 Å². The van der Waals surface area contributed by atoms with Crippen LogP contribution in [0, 0.1) is 17.8 Å². The number of halogens is 1. The molecular weight excluding hydrogens is 528 g/mol. The summed E-state index contributed by atoms with van der Waals surface area (Å²) in [5.41, 5.74) is -0.248. The molecule has 9 heteroatoms. The summed E-state index contributed by atoms with van der Waals surface area (Å²) < 4.78 is 11.8. The molecule has 2 amide bonds. The molecule has 7 atom stereocenters. The third kappa shape index (κ3) is 4.29. The molecule has 0 radical (unpaired) electrons. The molecule has 2 bridgehead atoms. The number of rotatable bonds is 10. The van der Waals surface area contributed by atoms with Crippen molar-refractivity contribution in [3.63, 3.8) is 0 Å². The number of alkyl halides is 1. The van der Waals surface area contributed by atoms with Gasteiger partial charge in [-0.3, -0.25) is 14.4 Å². The molecule has 3 fully saturated rings. The van der Waals surface area contributed by atoms with E-state index in [9.17, 15) is 19.5 Å². The van der Waals surface area contributed by atoms with E-state index in [0.29, 0.717) is 13.0 Å². The van der Waals surface area contributed by atoms with E-state index in [1.807, 2.05) is 44.2 Å². The van der Waals surface area contributed by atoms with Crippen LogP contribution in [0.1, 0.15) is 32.8 Å². The highest BCUT2D eigenvalue weighted by atomic mass is 79.9. The lowest BCUT2D eigenvalue weighted by Crippen LogP contribution is -2.59. The maximum absolute atomic E-state index is 14.4. The minimum atomic E-state index is -1.19. The summed E-state index contributed by atoms with van der Waals surface area (Å²) in [6.45, 7) is 9.85. The molecule has 4 rings (SSSR count). The van der Waals surface area contributed by atoms with Gasteiger partial charge in [0.05, 0.1) is 37.2 Å². The lowest BCUT2D eigenvalue weighted by molar-refractivity contribution is -0.156. The Labute approximate surface area is 220 Å². The van der Waals surface area contributed by atoms with E-state index in [2.05, 4.69) is 22.5 Å². The number of likely N-dealkylation sites (tertiary alicyclic amines) is 1. The summed E-state index contributed by atoms with van der Waals surface area (Å²) >= 11 is 3.65. The highest BCUT2D eigenvalue weighted by Crippen LogP contribution is 2.61. The van der Waals surface area contributed by atoms with Gasteiger partial charge in [0.15, 0.2) is 0 Å². The fourth-order valence-electron chi connectivity index (χ4n) is 6.20. The second-order valence-electron chi connectivity index (χ2n) is 10.1.